The third kappa shape index (κ3) is 4.77. The zero-order valence-corrected chi connectivity index (χ0v) is 14.8. The molecule has 3 rings (SSSR count). The Kier molecular flexibility index (Phi) is 6.06. The minimum absolute atomic E-state index is 0.305. The van der Waals surface area contributed by atoms with Gasteiger partial charge in [-0.1, -0.05) is 24.3 Å². The smallest absolute Gasteiger partial charge is 0.340 e. The second-order valence-electron chi connectivity index (χ2n) is 5.76. The number of hydrogen-bond acceptors (Lipinski definition) is 6. The zero-order chi connectivity index (χ0) is 19.8. The summed E-state index contributed by atoms with van der Waals surface area (Å²) in [5, 5.41) is 14.7. The fourth-order valence-corrected chi connectivity index (χ4v) is 2.50. The fourth-order valence-electron chi connectivity index (χ4n) is 2.50. The molecule has 140 valence electrons. The van der Waals surface area contributed by atoms with Crippen LogP contribution in [0.15, 0.2) is 71.3 Å². The number of esters is 1. The van der Waals surface area contributed by atoms with Gasteiger partial charge in [-0.25, -0.2) is 4.79 Å². The normalized spacial score (nSPS) is 9.96. The van der Waals surface area contributed by atoms with Crippen molar-refractivity contribution < 1.29 is 18.7 Å². The first-order valence-electron chi connectivity index (χ1n) is 8.49. The highest BCUT2D eigenvalue weighted by Crippen LogP contribution is 2.18. The SMILES string of the molecule is N#Cc1ccccc1NC(=O)COC(=O)c1ccccc1NCc1ccco1. The molecule has 0 bridgehead atoms. The molecule has 0 aliphatic rings. The quantitative estimate of drug-likeness (QED) is 0.612. The van der Waals surface area contributed by atoms with Gasteiger partial charge in [-0.05, 0) is 36.4 Å². The van der Waals surface area contributed by atoms with Gasteiger partial charge < -0.3 is 19.8 Å². The first-order valence-corrected chi connectivity index (χ1v) is 8.49. The van der Waals surface area contributed by atoms with E-state index in [4.69, 9.17) is 14.4 Å². The van der Waals surface area contributed by atoms with Gasteiger partial charge in [0, 0.05) is 5.69 Å². The lowest BCUT2D eigenvalue weighted by Crippen LogP contribution is -2.21. The summed E-state index contributed by atoms with van der Waals surface area (Å²) in [7, 11) is 0. The molecule has 1 heterocycles. The van der Waals surface area contributed by atoms with Gasteiger partial charge in [0.25, 0.3) is 5.91 Å². The number of carbonyl (C=O) groups is 2. The summed E-state index contributed by atoms with van der Waals surface area (Å²) in [4.78, 5) is 24.4. The number of furan rings is 1. The van der Waals surface area contributed by atoms with E-state index in [1.54, 1.807) is 60.9 Å². The Bertz CT molecular complexity index is 1010. The molecule has 1 amide bonds. The van der Waals surface area contributed by atoms with Crippen molar-refractivity contribution in [3.05, 3.63) is 83.8 Å². The van der Waals surface area contributed by atoms with Gasteiger partial charge >= 0.3 is 5.97 Å². The summed E-state index contributed by atoms with van der Waals surface area (Å²) in [5.74, 6) is -0.443. The van der Waals surface area contributed by atoms with Crippen molar-refractivity contribution in [2.45, 2.75) is 6.54 Å². The second kappa shape index (κ2) is 9.05. The highest BCUT2D eigenvalue weighted by atomic mass is 16.5. The summed E-state index contributed by atoms with van der Waals surface area (Å²) in [6.07, 6.45) is 1.57. The molecule has 1 aromatic heterocycles. The molecule has 2 aromatic carbocycles. The molecule has 0 fully saturated rings. The molecule has 0 radical (unpaired) electrons. The van der Waals surface area contributed by atoms with Crippen LogP contribution in [-0.4, -0.2) is 18.5 Å². The van der Waals surface area contributed by atoms with Crippen LogP contribution in [0.2, 0.25) is 0 Å². The molecule has 0 unspecified atom stereocenters. The highest BCUT2D eigenvalue weighted by molar-refractivity contribution is 5.98. The van der Waals surface area contributed by atoms with Crippen molar-refractivity contribution >= 4 is 23.3 Å². The zero-order valence-electron chi connectivity index (χ0n) is 14.8. The van der Waals surface area contributed by atoms with E-state index in [2.05, 4.69) is 10.6 Å². The van der Waals surface area contributed by atoms with Crippen molar-refractivity contribution in [1.82, 2.24) is 0 Å². The van der Waals surface area contributed by atoms with Crippen LogP contribution in [-0.2, 0) is 16.1 Å². The minimum atomic E-state index is -0.633. The van der Waals surface area contributed by atoms with Crippen LogP contribution >= 0.6 is 0 Å². The average Bonchev–Trinajstić information content (AvgIpc) is 3.25. The number of benzene rings is 2. The first kappa shape index (κ1) is 18.7. The largest absolute Gasteiger partial charge is 0.467 e. The van der Waals surface area contributed by atoms with E-state index in [1.807, 2.05) is 12.1 Å². The van der Waals surface area contributed by atoms with Crippen LogP contribution in [0.3, 0.4) is 0 Å². The van der Waals surface area contributed by atoms with E-state index in [1.165, 1.54) is 0 Å². The van der Waals surface area contributed by atoms with Gasteiger partial charge in [-0.15, -0.1) is 0 Å². The Balaban J connectivity index is 1.59. The van der Waals surface area contributed by atoms with Gasteiger partial charge in [0.15, 0.2) is 6.61 Å². The van der Waals surface area contributed by atoms with Gasteiger partial charge in [0.2, 0.25) is 0 Å². The molecule has 7 nitrogen and oxygen atoms in total. The lowest BCUT2D eigenvalue weighted by atomic mass is 10.2. The lowest BCUT2D eigenvalue weighted by Gasteiger charge is -2.11. The maximum absolute atomic E-state index is 12.4. The number of rotatable bonds is 7. The van der Waals surface area contributed by atoms with Gasteiger partial charge in [-0.3, -0.25) is 4.79 Å². The predicted octanol–water partition coefficient (Wildman–Crippen LogP) is 3.56. The van der Waals surface area contributed by atoms with Crippen molar-refractivity contribution in [3.63, 3.8) is 0 Å². The number of para-hydroxylation sites is 2. The maximum atomic E-state index is 12.4. The Morgan fingerprint density at radius 1 is 1.00 bits per heavy atom. The average molecular weight is 375 g/mol. The van der Waals surface area contributed by atoms with Crippen LogP contribution in [0.5, 0.6) is 0 Å². The number of nitriles is 1. The van der Waals surface area contributed by atoms with Gasteiger partial charge in [0.1, 0.15) is 11.8 Å². The number of anilines is 2. The fraction of sp³-hybridized carbons (Fsp3) is 0.0952. The third-order valence-corrected chi connectivity index (χ3v) is 3.84. The van der Waals surface area contributed by atoms with E-state index >= 15 is 0 Å². The molecule has 0 aliphatic carbocycles. The molecule has 0 aliphatic heterocycles. The Labute approximate surface area is 161 Å². The summed E-state index contributed by atoms with van der Waals surface area (Å²) < 4.78 is 10.4. The van der Waals surface area contributed by atoms with Crippen molar-refractivity contribution in [2.24, 2.45) is 0 Å². The molecule has 2 N–H and O–H groups in total. The van der Waals surface area contributed by atoms with E-state index in [0.717, 1.165) is 5.76 Å². The van der Waals surface area contributed by atoms with Gasteiger partial charge in [0.05, 0.1) is 29.6 Å². The summed E-state index contributed by atoms with van der Waals surface area (Å²) >= 11 is 0. The predicted molar refractivity (Wildman–Crippen MR) is 103 cm³/mol. The lowest BCUT2D eigenvalue weighted by molar-refractivity contribution is -0.119. The molecular formula is C21H17N3O4. The topological polar surface area (TPSA) is 104 Å². The van der Waals surface area contributed by atoms with Crippen LogP contribution in [0.4, 0.5) is 11.4 Å². The van der Waals surface area contributed by atoms with Crippen molar-refractivity contribution in [2.75, 3.05) is 17.2 Å². The van der Waals surface area contributed by atoms with Gasteiger partial charge in [-0.2, -0.15) is 5.26 Å². The second-order valence-corrected chi connectivity index (χ2v) is 5.76. The highest BCUT2D eigenvalue weighted by Gasteiger charge is 2.15. The Morgan fingerprint density at radius 3 is 2.50 bits per heavy atom. The summed E-state index contributed by atoms with van der Waals surface area (Å²) in [5.41, 5.74) is 1.57. The molecule has 0 atom stereocenters. The number of hydrogen-bond donors (Lipinski definition) is 2. The number of nitrogens with zero attached hydrogens (tertiary/aromatic N) is 1. The molecule has 28 heavy (non-hydrogen) atoms. The number of amides is 1. The van der Waals surface area contributed by atoms with Crippen molar-refractivity contribution in [1.29, 1.82) is 5.26 Å². The summed E-state index contributed by atoms with van der Waals surface area (Å²) in [6, 6.07) is 19.0. The monoisotopic (exact) mass is 375 g/mol. The third-order valence-electron chi connectivity index (χ3n) is 3.84. The van der Waals surface area contributed by atoms with Crippen LogP contribution in [0.1, 0.15) is 21.7 Å². The van der Waals surface area contributed by atoms with E-state index < -0.39 is 18.5 Å². The molecule has 3 aromatic rings. The van der Waals surface area contributed by atoms with Crippen LogP contribution in [0, 0.1) is 11.3 Å². The van der Waals surface area contributed by atoms with Crippen LogP contribution in [0.25, 0.3) is 0 Å². The Hall–Kier alpha value is -4.05. The molecule has 0 saturated carbocycles. The standard InChI is InChI=1S/C21H17N3O4/c22-12-15-6-1-3-9-18(15)24-20(25)14-28-21(26)17-8-2-4-10-19(17)23-13-16-7-5-11-27-16/h1-11,23H,13-14H2,(H,24,25). The Morgan fingerprint density at radius 2 is 1.75 bits per heavy atom. The minimum Gasteiger partial charge on any atom is -0.467 e. The summed E-state index contributed by atoms with van der Waals surface area (Å²) in [6.45, 7) is -0.0617. The van der Waals surface area contributed by atoms with E-state index in [0.29, 0.717) is 29.0 Å². The van der Waals surface area contributed by atoms with Crippen LogP contribution < -0.4 is 10.6 Å². The number of ether oxygens (including phenoxy) is 1. The van der Waals surface area contributed by atoms with E-state index in [-0.39, 0.29) is 0 Å². The molecule has 7 heteroatoms. The maximum Gasteiger partial charge on any atom is 0.340 e. The molecule has 0 spiro atoms. The van der Waals surface area contributed by atoms with Crippen molar-refractivity contribution in [3.8, 4) is 6.07 Å². The number of carbonyl (C=O) groups excluding carboxylic acids is 2. The number of nitrogens with one attached hydrogen (secondary N) is 2. The molecule has 0 saturated heterocycles. The molecular weight excluding hydrogens is 358 g/mol. The van der Waals surface area contributed by atoms with E-state index in [9.17, 15) is 9.59 Å². The first-order chi connectivity index (χ1) is 13.7.